The van der Waals surface area contributed by atoms with E-state index in [1.165, 1.54) is 7.05 Å². The minimum Gasteiger partial charge on any atom is -0.463 e. The van der Waals surface area contributed by atoms with Gasteiger partial charge in [0.1, 0.15) is 23.8 Å². The molecule has 10 nitrogen and oxygen atoms in total. The van der Waals surface area contributed by atoms with Gasteiger partial charge in [0, 0.05) is 7.05 Å². The molecule has 2 aromatic heterocycles. The fourth-order valence-electron chi connectivity index (χ4n) is 7.96. The fraction of sp³-hybridized carbons (Fsp3) is 0.364. The van der Waals surface area contributed by atoms with Crippen LogP contribution in [0, 0.1) is 29.1 Å². The molecule has 244 valence electrons. The van der Waals surface area contributed by atoms with Crippen LogP contribution in [0.4, 0.5) is 24.7 Å². The predicted molar refractivity (Wildman–Crippen MR) is 160 cm³/mol. The van der Waals surface area contributed by atoms with Crippen molar-refractivity contribution in [3.05, 3.63) is 88.5 Å². The van der Waals surface area contributed by atoms with Crippen LogP contribution in [0.15, 0.2) is 70.7 Å². The Hall–Kier alpha value is -4.49. The van der Waals surface area contributed by atoms with Gasteiger partial charge in [-0.2, -0.15) is 18.2 Å². The first-order valence-corrected chi connectivity index (χ1v) is 15.3. The minimum absolute atomic E-state index is 0.0701. The lowest BCUT2D eigenvalue weighted by Crippen LogP contribution is -2.49. The molecule has 0 radical (unpaired) electrons. The Morgan fingerprint density at radius 3 is 2.40 bits per heavy atom. The van der Waals surface area contributed by atoms with Gasteiger partial charge in [-0.15, -0.1) is 0 Å². The lowest BCUT2D eigenvalue weighted by Gasteiger charge is -2.48. The van der Waals surface area contributed by atoms with Gasteiger partial charge >= 0.3 is 6.18 Å². The molecular formula is C33H28ClF3N4O6. The van der Waals surface area contributed by atoms with E-state index in [1.54, 1.807) is 49.4 Å². The van der Waals surface area contributed by atoms with Crippen molar-refractivity contribution in [2.24, 2.45) is 29.1 Å². The number of allylic oxidation sites excluding steroid dienone is 2. The first-order chi connectivity index (χ1) is 22.3. The number of benzene rings is 1. The van der Waals surface area contributed by atoms with E-state index in [0.29, 0.717) is 23.1 Å². The van der Waals surface area contributed by atoms with Crippen molar-refractivity contribution in [1.82, 2.24) is 9.99 Å². The quantitative estimate of drug-likeness (QED) is 0.294. The number of anilines is 2. The zero-order chi connectivity index (χ0) is 33.6. The Morgan fingerprint density at radius 1 is 1.02 bits per heavy atom. The monoisotopic (exact) mass is 668 g/mol. The number of halogens is 4. The van der Waals surface area contributed by atoms with Crippen molar-refractivity contribution < 1.29 is 41.9 Å². The highest BCUT2D eigenvalue weighted by atomic mass is 35.5. The summed E-state index contributed by atoms with van der Waals surface area (Å²) in [6.07, 6.45) is -2.81. The largest absolute Gasteiger partial charge is 0.463 e. The number of carbonyl (C=O) groups is 4. The number of hydrogen-bond acceptors (Lipinski definition) is 8. The molecule has 14 heteroatoms. The number of carbonyl (C=O) groups excluding carboxylic acids is 4. The molecule has 3 aromatic rings. The number of rotatable bonds is 5. The number of fused-ring (bicyclic) bond motifs is 4. The van der Waals surface area contributed by atoms with Crippen LogP contribution in [-0.4, -0.2) is 45.8 Å². The predicted octanol–water partition coefficient (Wildman–Crippen LogP) is 5.12. The highest BCUT2D eigenvalue weighted by Crippen LogP contribution is 2.63. The summed E-state index contributed by atoms with van der Waals surface area (Å²) >= 11 is 6.22. The van der Waals surface area contributed by atoms with Gasteiger partial charge in [0.05, 0.1) is 39.8 Å². The second kappa shape index (κ2) is 10.8. The molecule has 0 spiro atoms. The number of para-hydroxylation sites is 1. The summed E-state index contributed by atoms with van der Waals surface area (Å²) in [5.74, 6) is -6.32. The van der Waals surface area contributed by atoms with Crippen molar-refractivity contribution >= 4 is 46.7 Å². The number of amides is 4. The summed E-state index contributed by atoms with van der Waals surface area (Å²) < 4.78 is 46.5. The van der Waals surface area contributed by atoms with Gasteiger partial charge in [-0.1, -0.05) is 41.4 Å². The van der Waals surface area contributed by atoms with Gasteiger partial charge in [-0.3, -0.25) is 24.2 Å². The first kappa shape index (κ1) is 31.1. The van der Waals surface area contributed by atoms with Gasteiger partial charge in [-0.05, 0) is 62.1 Å². The number of furan rings is 1. The number of hydrazine groups is 1. The topological polar surface area (TPSA) is 124 Å². The molecule has 1 aromatic carbocycles. The van der Waals surface area contributed by atoms with Crippen LogP contribution in [0.2, 0.25) is 5.02 Å². The van der Waals surface area contributed by atoms with Gasteiger partial charge in [0.2, 0.25) is 11.8 Å². The fourth-order valence-corrected chi connectivity index (χ4v) is 8.19. The molecule has 1 saturated carbocycles. The molecule has 2 saturated heterocycles. The molecule has 47 heavy (non-hydrogen) atoms. The lowest BCUT2D eigenvalue weighted by molar-refractivity contribution is -0.141. The molecule has 1 N–H and O–H groups in total. The Balaban J connectivity index is 1.31. The van der Waals surface area contributed by atoms with Gasteiger partial charge in [0.15, 0.2) is 5.82 Å². The summed E-state index contributed by atoms with van der Waals surface area (Å²) in [5, 5.41) is 11.3. The Labute approximate surface area is 271 Å². The maximum Gasteiger partial charge on any atom is 0.433 e. The van der Waals surface area contributed by atoms with Crippen molar-refractivity contribution in [3.63, 3.8) is 0 Å². The van der Waals surface area contributed by atoms with E-state index in [4.69, 9.17) is 16.0 Å². The standard InChI is InChI=1S/C33H28ClF3N4O6/c1-32-21(29(44)40(31(32)46)16-6-4-3-5-7-16)14-20-18(26(32)23-12-8-17(15-42)47-23)9-10-19-25(20)30(45)41(28(19)43)39(2)27-22(34)11-13-24(38-27)33(35,36)37/h3-9,11-13,19-21,25-26,42H,10,14-15H2,1-2H3. The molecule has 3 fully saturated rings. The summed E-state index contributed by atoms with van der Waals surface area (Å²) in [5.41, 5.74) is -1.52. The number of pyridine rings is 1. The van der Waals surface area contributed by atoms with E-state index < -0.39 is 82.9 Å². The Bertz CT molecular complexity index is 1860. The molecule has 0 bridgehead atoms. The van der Waals surface area contributed by atoms with Crippen molar-refractivity contribution in [3.8, 4) is 0 Å². The molecule has 2 aliphatic carbocycles. The van der Waals surface area contributed by atoms with Crippen LogP contribution in [0.1, 0.15) is 42.9 Å². The average molecular weight is 669 g/mol. The molecule has 7 rings (SSSR count). The molecule has 6 atom stereocenters. The number of hydrogen-bond donors (Lipinski definition) is 1. The smallest absolute Gasteiger partial charge is 0.433 e. The highest BCUT2D eigenvalue weighted by molar-refractivity contribution is 6.33. The summed E-state index contributed by atoms with van der Waals surface area (Å²) in [6, 6.07) is 13.4. The number of aliphatic hydroxyl groups is 1. The third kappa shape index (κ3) is 4.46. The second-order valence-electron chi connectivity index (χ2n) is 12.5. The molecule has 4 aliphatic rings. The summed E-state index contributed by atoms with van der Waals surface area (Å²) in [4.78, 5) is 61.3. The van der Waals surface area contributed by atoms with Crippen LogP contribution >= 0.6 is 11.6 Å². The van der Waals surface area contributed by atoms with Crippen LogP contribution in [0.25, 0.3) is 0 Å². The SMILES string of the molecule is CN(c1nc(C(F)(F)F)ccc1Cl)N1C(=O)C2CC=C3C(CC4C(=O)N(c5ccccc5)C(=O)C4(C)C3c3ccc(CO)o3)C2C1=O. The van der Waals surface area contributed by atoms with Crippen LogP contribution in [0.5, 0.6) is 0 Å². The van der Waals surface area contributed by atoms with Crippen molar-refractivity contribution in [2.45, 2.75) is 38.5 Å². The van der Waals surface area contributed by atoms with Crippen LogP contribution in [-0.2, 0) is 32.0 Å². The van der Waals surface area contributed by atoms with E-state index in [1.807, 2.05) is 6.08 Å². The number of aliphatic hydroxyl groups excluding tert-OH is 1. The third-order valence-corrected chi connectivity index (χ3v) is 10.4. The Kier molecular flexibility index (Phi) is 7.14. The minimum atomic E-state index is -4.80. The van der Waals surface area contributed by atoms with Gasteiger partial charge in [0.25, 0.3) is 11.8 Å². The van der Waals surface area contributed by atoms with E-state index in [-0.39, 0.29) is 23.6 Å². The molecule has 4 heterocycles. The number of nitrogens with zero attached hydrogens (tertiary/aromatic N) is 4. The van der Waals surface area contributed by atoms with E-state index >= 15 is 0 Å². The van der Waals surface area contributed by atoms with Gasteiger partial charge < -0.3 is 9.52 Å². The third-order valence-electron chi connectivity index (χ3n) is 10.1. The number of aromatic nitrogens is 1. The average Bonchev–Trinajstić information content (AvgIpc) is 3.67. The van der Waals surface area contributed by atoms with E-state index in [2.05, 4.69) is 4.98 Å². The maximum absolute atomic E-state index is 14.3. The maximum atomic E-state index is 14.3. The van der Waals surface area contributed by atoms with Gasteiger partial charge in [-0.25, -0.2) is 9.88 Å². The molecule has 4 amide bonds. The second-order valence-corrected chi connectivity index (χ2v) is 12.9. The zero-order valence-corrected chi connectivity index (χ0v) is 25.8. The number of imide groups is 2. The highest BCUT2D eigenvalue weighted by Gasteiger charge is 2.68. The molecule has 6 unspecified atom stereocenters. The Morgan fingerprint density at radius 2 is 1.74 bits per heavy atom. The molecular weight excluding hydrogens is 641 g/mol. The van der Waals surface area contributed by atoms with E-state index in [0.717, 1.165) is 21.0 Å². The first-order valence-electron chi connectivity index (χ1n) is 15.0. The molecule has 2 aliphatic heterocycles. The van der Waals surface area contributed by atoms with Crippen LogP contribution < -0.4 is 9.91 Å². The summed E-state index contributed by atoms with van der Waals surface area (Å²) in [6.45, 7) is 1.31. The summed E-state index contributed by atoms with van der Waals surface area (Å²) in [7, 11) is 1.24. The van der Waals surface area contributed by atoms with Crippen molar-refractivity contribution in [2.75, 3.05) is 17.0 Å². The van der Waals surface area contributed by atoms with Crippen LogP contribution in [0.3, 0.4) is 0 Å². The van der Waals surface area contributed by atoms with E-state index in [9.17, 15) is 37.5 Å². The normalized spacial score (nSPS) is 28.7. The number of alkyl halides is 3. The lowest BCUT2D eigenvalue weighted by atomic mass is 9.52. The van der Waals surface area contributed by atoms with Crippen molar-refractivity contribution in [1.29, 1.82) is 0 Å². The zero-order valence-electron chi connectivity index (χ0n) is 25.1.